The molecule has 4 rings (SSSR count). The molecule has 0 spiro atoms. The van der Waals surface area contributed by atoms with Gasteiger partial charge < -0.3 is 14.1 Å². The summed E-state index contributed by atoms with van der Waals surface area (Å²) in [6.45, 7) is 3.72. The third-order valence-corrected chi connectivity index (χ3v) is 5.37. The number of aromatic amines is 1. The van der Waals surface area contributed by atoms with Crippen molar-refractivity contribution in [3.05, 3.63) is 53.4 Å². The number of anilines is 1. The van der Waals surface area contributed by atoms with Gasteiger partial charge in [-0.05, 0) is 31.2 Å². The zero-order chi connectivity index (χ0) is 21.5. The molecule has 158 valence electrons. The average Bonchev–Trinajstić information content (AvgIpc) is 3.08. The largest absolute Gasteiger partial charge is 0.497 e. The van der Waals surface area contributed by atoms with Gasteiger partial charge in [0.1, 0.15) is 30.6 Å². The van der Waals surface area contributed by atoms with Gasteiger partial charge in [-0.25, -0.2) is 4.98 Å². The summed E-state index contributed by atoms with van der Waals surface area (Å²) in [4.78, 5) is 19.3. The van der Waals surface area contributed by atoms with Crippen LogP contribution in [0, 0.1) is 6.92 Å². The van der Waals surface area contributed by atoms with Crippen LogP contribution in [-0.2, 0) is 6.18 Å². The third kappa shape index (κ3) is 3.67. The maximum atomic E-state index is 13.0. The number of aryl methyl sites for hydroxylation is 1. The third-order valence-electron chi connectivity index (χ3n) is 5.37. The van der Waals surface area contributed by atoms with Gasteiger partial charge in [0, 0.05) is 17.0 Å². The minimum absolute atomic E-state index is 0.196. The van der Waals surface area contributed by atoms with Gasteiger partial charge in [0.15, 0.2) is 5.76 Å². The second-order valence-electron chi connectivity index (χ2n) is 7.16. The van der Waals surface area contributed by atoms with Crippen molar-refractivity contribution in [1.82, 2.24) is 4.90 Å². The molecule has 2 aromatic heterocycles. The molecule has 0 aliphatic carbocycles. The molecule has 0 atom stereocenters. The number of nitrogens with one attached hydrogen (secondary N) is 1. The molecule has 3 aromatic rings. The van der Waals surface area contributed by atoms with E-state index in [0.717, 1.165) is 23.2 Å². The van der Waals surface area contributed by atoms with Crippen molar-refractivity contribution in [3.63, 3.8) is 0 Å². The number of aromatic nitrogens is 1. The molecular weight excluding hydrogens is 399 g/mol. The molecule has 1 aliphatic heterocycles. The van der Waals surface area contributed by atoms with Gasteiger partial charge in [0.2, 0.25) is 0 Å². The molecular formula is C21H21F3N3O3+. The van der Waals surface area contributed by atoms with E-state index < -0.39 is 11.7 Å². The van der Waals surface area contributed by atoms with Crippen LogP contribution < -0.4 is 14.6 Å². The minimum atomic E-state index is -4.38. The summed E-state index contributed by atoms with van der Waals surface area (Å²) in [6, 6.07) is 7.85. The van der Waals surface area contributed by atoms with Gasteiger partial charge in [0.05, 0.1) is 25.8 Å². The molecule has 0 radical (unpaired) electrons. The molecule has 1 N–H and O–H groups in total. The SMILES string of the molecule is COc1ccc2oc(C(=O)N3CCN(c4ccc(C(F)(F)F)c[nH+]4)CC3)c(C)c2c1. The van der Waals surface area contributed by atoms with E-state index in [1.54, 1.807) is 24.1 Å². The summed E-state index contributed by atoms with van der Waals surface area (Å²) < 4.78 is 49.2. The van der Waals surface area contributed by atoms with Crippen LogP contribution >= 0.6 is 0 Å². The Balaban J connectivity index is 1.46. The highest BCUT2D eigenvalue weighted by Crippen LogP contribution is 2.30. The predicted octanol–water partition coefficient (Wildman–Crippen LogP) is 3.55. The fourth-order valence-electron chi connectivity index (χ4n) is 3.61. The maximum Gasteiger partial charge on any atom is 0.419 e. The molecule has 1 amide bonds. The number of amides is 1. The first-order valence-corrected chi connectivity index (χ1v) is 9.48. The topological polar surface area (TPSA) is 60.1 Å². The Hall–Kier alpha value is -3.23. The van der Waals surface area contributed by atoms with E-state index in [1.165, 1.54) is 6.07 Å². The lowest BCUT2D eigenvalue weighted by Crippen LogP contribution is -2.50. The van der Waals surface area contributed by atoms with Crippen LogP contribution in [0.1, 0.15) is 21.7 Å². The van der Waals surface area contributed by atoms with Gasteiger partial charge in [-0.2, -0.15) is 13.2 Å². The zero-order valence-corrected chi connectivity index (χ0v) is 16.5. The highest BCUT2D eigenvalue weighted by atomic mass is 19.4. The van der Waals surface area contributed by atoms with Crippen molar-refractivity contribution in [1.29, 1.82) is 0 Å². The molecule has 1 saturated heterocycles. The number of pyridine rings is 1. The lowest BCUT2D eigenvalue weighted by molar-refractivity contribution is -0.367. The van der Waals surface area contributed by atoms with Crippen LogP contribution in [0.5, 0.6) is 5.75 Å². The quantitative estimate of drug-likeness (QED) is 0.650. The standard InChI is InChI=1S/C21H20F3N3O3/c1-13-16-11-15(29-2)4-5-17(16)30-19(13)20(28)27-9-7-26(8-10-27)18-6-3-14(12-25-18)21(22,23)24/h3-6,11-12H,7-10H2,1-2H3/p+1. The van der Waals surface area contributed by atoms with Crippen molar-refractivity contribution in [2.45, 2.75) is 13.1 Å². The first kappa shape index (κ1) is 20.1. The van der Waals surface area contributed by atoms with Crippen molar-refractivity contribution in [2.24, 2.45) is 0 Å². The zero-order valence-electron chi connectivity index (χ0n) is 16.5. The number of carbonyl (C=O) groups excluding carboxylic acids is 1. The van der Waals surface area contributed by atoms with Gasteiger partial charge in [-0.15, -0.1) is 0 Å². The number of halogens is 3. The number of furan rings is 1. The molecule has 1 fully saturated rings. The van der Waals surface area contributed by atoms with E-state index in [9.17, 15) is 18.0 Å². The molecule has 30 heavy (non-hydrogen) atoms. The first-order chi connectivity index (χ1) is 14.3. The van der Waals surface area contributed by atoms with Gasteiger partial charge >= 0.3 is 6.18 Å². The normalized spacial score (nSPS) is 15.0. The number of fused-ring (bicyclic) bond motifs is 1. The molecule has 9 heteroatoms. The van der Waals surface area contributed by atoms with E-state index in [4.69, 9.17) is 9.15 Å². The number of piperazine rings is 1. The molecule has 6 nitrogen and oxygen atoms in total. The van der Waals surface area contributed by atoms with Crippen LogP contribution in [0.4, 0.5) is 19.0 Å². The van der Waals surface area contributed by atoms with E-state index in [2.05, 4.69) is 4.98 Å². The second-order valence-corrected chi connectivity index (χ2v) is 7.16. The highest BCUT2D eigenvalue weighted by Gasteiger charge is 2.33. The highest BCUT2D eigenvalue weighted by molar-refractivity contribution is 5.99. The lowest BCUT2D eigenvalue weighted by atomic mass is 10.1. The minimum Gasteiger partial charge on any atom is -0.497 e. The summed E-state index contributed by atoms with van der Waals surface area (Å²) >= 11 is 0. The van der Waals surface area contributed by atoms with Crippen molar-refractivity contribution in [3.8, 4) is 5.75 Å². The molecule has 3 heterocycles. The number of ether oxygens (including phenoxy) is 1. The summed E-state index contributed by atoms with van der Waals surface area (Å²) in [5, 5.41) is 0.829. The number of H-pyrrole nitrogens is 1. The predicted molar refractivity (Wildman–Crippen MR) is 104 cm³/mol. The van der Waals surface area contributed by atoms with E-state index in [1.807, 2.05) is 17.9 Å². The average molecular weight is 420 g/mol. The Bertz CT molecular complexity index is 1070. The molecule has 1 aliphatic rings. The number of rotatable bonds is 3. The number of benzene rings is 1. The summed E-state index contributed by atoms with van der Waals surface area (Å²) in [5.74, 6) is 1.38. The summed E-state index contributed by atoms with van der Waals surface area (Å²) in [7, 11) is 1.58. The number of methoxy groups -OCH3 is 1. The van der Waals surface area contributed by atoms with E-state index in [0.29, 0.717) is 49.1 Å². The van der Waals surface area contributed by atoms with Gasteiger partial charge in [0.25, 0.3) is 11.7 Å². The summed E-state index contributed by atoms with van der Waals surface area (Å²) in [5.41, 5.74) is 0.652. The van der Waals surface area contributed by atoms with Crippen LogP contribution in [0.25, 0.3) is 11.0 Å². The van der Waals surface area contributed by atoms with E-state index >= 15 is 0 Å². The van der Waals surface area contributed by atoms with Crippen LogP contribution in [0.3, 0.4) is 0 Å². The van der Waals surface area contributed by atoms with Crippen molar-refractivity contribution in [2.75, 3.05) is 38.2 Å². The smallest absolute Gasteiger partial charge is 0.419 e. The molecule has 0 saturated carbocycles. The summed E-state index contributed by atoms with van der Waals surface area (Å²) in [6.07, 6.45) is -3.42. The Labute approximate surface area is 170 Å². The Kier molecular flexibility index (Phi) is 5.05. The number of hydrogen-bond donors (Lipinski definition) is 0. The molecule has 0 bridgehead atoms. The lowest BCUT2D eigenvalue weighted by Gasteiger charge is -2.30. The number of nitrogens with zero attached hydrogens (tertiary/aromatic N) is 2. The van der Waals surface area contributed by atoms with Crippen LogP contribution in [0.2, 0.25) is 0 Å². The van der Waals surface area contributed by atoms with Crippen LogP contribution in [0.15, 0.2) is 40.9 Å². The molecule has 1 aromatic carbocycles. The number of hydrogen-bond acceptors (Lipinski definition) is 4. The van der Waals surface area contributed by atoms with Crippen molar-refractivity contribution >= 4 is 22.7 Å². The Morgan fingerprint density at radius 2 is 1.87 bits per heavy atom. The molecule has 0 unspecified atom stereocenters. The fraction of sp³-hybridized carbons (Fsp3) is 0.333. The van der Waals surface area contributed by atoms with E-state index in [-0.39, 0.29) is 5.91 Å². The number of carbonyl (C=O) groups is 1. The van der Waals surface area contributed by atoms with Gasteiger partial charge in [-0.3, -0.25) is 9.69 Å². The second kappa shape index (κ2) is 7.55. The Morgan fingerprint density at radius 3 is 2.47 bits per heavy atom. The first-order valence-electron chi connectivity index (χ1n) is 9.48. The maximum absolute atomic E-state index is 13.0. The fourth-order valence-corrected chi connectivity index (χ4v) is 3.61. The monoisotopic (exact) mass is 420 g/mol. The van der Waals surface area contributed by atoms with Gasteiger partial charge in [-0.1, -0.05) is 0 Å². The van der Waals surface area contributed by atoms with Crippen LogP contribution in [-0.4, -0.2) is 44.1 Å². The number of alkyl halides is 3. The van der Waals surface area contributed by atoms with Crippen molar-refractivity contribution < 1.29 is 32.1 Å². The Morgan fingerprint density at radius 1 is 1.13 bits per heavy atom.